The quantitative estimate of drug-likeness (QED) is 0.0811. The van der Waals surface area contributed by atoms with E-state index in [1.165, 1.54) is 71.4 Å². The number of aliphatic hydroxyl groups excluding tert-OH is 1. The van der Waals surface area contributed by atoms with E-state index in [2.05, 4.69) is 137 Å². The van der Waals surface area contributed by atoms with E-state index in [0.717, 1.165) is 11.3 Å². The summed E-state index contributed by atoms with van der Waals surface area (Å²) in [6.07, 6.45) is 3.29. The second kappa shape index (κ2) is 16.0. The molecule has 7 rings (SSSR count). The third kappa shape index (κ3) is 8.51. The molecule has 7 aromatic rings. The molecule has 4 heteroatoms. The molecule has 3 nitrogen and oxygen atoms in total. The molecule has 0 saturated heterocycles. The van der Waals surface area contributed by atoms with Crippen LogP contribution in [0.3, 0.4) is 0 Å². The summed E-state index contributed by atoms with van der Waals surface area (Å²) in [6.45, 7) is 20.1. The first-order chi connectivity index (χ1) is 25.0. The average molecular weight is 891 g/mol. The maximum atomic E-state index is 11.5. The minimum atomic E-state index is -0.417. The number of aliphatic hydroxyl groups is 1. The number of aromatic nitrogens is 1. The van der Waals surface area contributed by atoms with Crippen molar-refractivity contribution in [2.24, 2.45) is 10.8 Å². The van der Waals surface area contributed by atoms with Gasteiger partial charge in [0.25, 0.3) is 0 Å². The summed E-state index contributed by atoms with van der Waals surface area (Å²) < 4.78 is 0. The summed E-state index contributed by atoms with van der Waals surface area (Å²) in [5.41, 5.74) is 6.43. The molecule has 0 atom stereocenters. The van der Waals surface area contributed by atoms with E-state index < -0.39 is 5.41 Å². The second-order valence-corrected chi connectivity index (χ2v) is 16.9. The van der Waals surface area contributed by atoms with Crippen molar-refractivity contribution in [3.8, 4) is 22.4 Å². The van der Waals surface area contributed by atoms with Crippen LogP contribution in [-0.4, -0.2) is 15.9 Å². The molecule has 0 aliphatic carbocycles. The van der Waals surface area contributed by atoms with Crippen molar-refractivity contribution in [2.45, 2.75) is 81.1 Å². The third-order valence-corrected chi connectivity index (χ3v) is 10.1. The molecule has 1 N–H and O–H groups in total. The van der Waals surface area contributed by atoms with Crippen LogP contribution in [0.4, 0.5) is 0 Å². The van der Waals surface area contributed by atoms with E-state index in [-0.39, 0.29) is 37.1 Å². The van der Waals surface area contributed by atoms with Gasteiger partial charge in [-0.25, -0.2) is 0 Å². The Morgan fingerprint density at radius 3 is 1.96 bits per heavy atom. The maximum Gasteiger partial charge on any atom is 0.164 e. The van der Waals surface area contributed by atoms with Crippen molar-refractivity contribution in [2.75, 3.05) is 0 Å². The Hall–Kier alpha value is -4.63. The molecule has 6 aromatic carbocycles. The van der Waals surface area contributed by atoms with Gasteiger partial charge in [0.05, 0.1) is 0 Å². The Morgan fingerprint density at radius 1 is 0.648 bits per heavy atom. The normalized spacial score (nSPS) is 12.3. The molecule has 0 aliphatic heterocycles. The van der Waals surface area contributed by atoms with Crippen LogP contribution >= 0.6 is 0 Å². The predicted molar refractivity (Wildman–Crippen MR) is 227 cm³/mol. The van der Waals surface area contributed by atoms with Gasteiger partial charge in [-0.1, -0.05) is 148 Å². The number of pyridine rings is 1. The summed E-state index contributed by atoms with van der Waals surface area (Å²) in [7, 11) is 0. The van der Waals surface area contributed by atoms with Gasteiger partial charge >= 0.3 is 0 Å². The molecule has 1 heterocycles. The number of ketones is 1. The van der Waals surface area contributed by atoms with Crippen LogP contribution in [0, 0.1) is 16.9 Å². The number of hydrogen-bond donors (Lipinski definition) is 1. The van der Waals surface area contributed by atoms with Gasteiger partial charge in [0, 0.05) is 43.2 Å². The van der Waals surface area contributed by atoms with Crippen molar-refractivity contribution in [3.05, 3.63) is 138 Å². The molecule has 279 valence electrons. The van der Waals surface area contributed by atoms with Gasteiger partial charge in [0.1, 0.15) is 5.76 Å². The Labute approximate surface area is 334 Å². The van der Waals surface area contributed by atoms with Crippen LogP contribution in [0.15, 0.2) is 121 Å². The van der Waals surface area contributed by atoms with Crippen LogP contribution in [0.1, 0.15) is 92.2 Å². The third-order valence-electron chi connectivity index (χ3n) is 10.1. The second-order valence-electron chi connectivity index (χ2n) is 16.9. The minimum Gasteiger partial charge on any atom is -0.512 e. The van der Waals surface area contributed by atoms with Crippen LogP contribution in [0.2, 0.25) is 0 Å². The molecular weight excluding hydrogens is 839 g/mol. The molecule has 1 radical (unpaired) electrons. The Morgan fingerprint density at radius 2 is 1.28 bits per heavy atom. The van der Waals surface area contributed by atoms with Gasteiger partial charge in [0.15, 0.2) is 5.78 Å². The van der Waals surface area contributed by atoms with Gasteiger partial charge in [-0.15, -0.1) is 34.9 Å². The molecular formula is C50H52IrNO2-. The van der Waals surface area contributed by atoms with Crippen LogP contribution in [-0.2, 0) is 24.9 Å². The van der Waals surface area contributed by atoms with Crippen LogP contribution in [0.5, 0.6) is 0 Å². The van der Waals surface area contributed by atoms with Crippen molar-refractivity contribution >= 4 is 48.9 Å². The molecule has 0 unspecified atom stereocenters. The van der Waals surface area contributed by atoms with Gasteiger partial charge in [-0.05, 0) is 83.9 Å². The molecule has 0 spiro atoms. The number of allylic oxidation sites excluding steroid dienone is 2. The predicted octanol–water partition coefficient (Wildman–Crippen LogP) is 14.2. The molecule has 0 aliphatic rings. The summed E-state index contributed by atoms with van der Waals surface area (Å²) in [4.78, 5) is 16.4. The fraction of sp³-hybridized carbons (Fsp3) is 0.280. The number of fused-ring (bicyclic) bond motifs is 6. The van der Waals surface area contributed by atoms with Gasteiger partial charge in [-0.3, -0.25) is 4.79 Å². The van der Waals surface area contributed by atoms with E-state index in [9.17, 15) is 9.90 Å². The Kier molecular flexibility index (Phi) is 12.0. The first kappa shape index (κ1) is 40.6. The molecule has 0 saturated carbocycles. The smallest absolute Gasteiger partial charge is 0.164 e. The molecule has 0 fully saturated rings. The van der Waals surface area contributed by atoms with E-state index in [0.29, 0.717) is 11.8 Å². The Balaban J connectivity index is 0.000000346. The number of rotatable bonds is 5. The number of hydrogen-bond acceptors (Lipinski definition) is 3. The number of carbonyl (C=O) groups excluding carboxylic acids is 1. The van der Waals surface area contributed by atoms with Gasteiger partial charge < -0.3 is 10.1 Å². The van der Waals surface area contributed by atoms with Crippen molar-refractivity contribution < 1.29 is 30.0 Å². The van der Waals surface area contributed by atoms with E-state index in [4.69, 9.17) is 4.98 Å². The SMILES string of the molecule is CC(C)(C)C(=O)/C=C(\O)C(C)(C)C.CC(C)c1[c-]c(-c2nccc3c2ccc2c4ccc(-c5cccc6ccccc56)cc4ccc32)cc(C(C)C)c1.[Ir]. The topological polar surface area (TPSA) is 50.2 Å². The van der Waals surface area contributed by atoms with Crippen LogP contribution < -0.4 is 0 Å². The minimum absolute atomic E-state index is 0. The number of nitrogens with zero attached hydrogens (tertiary/aromatic N) is 1. The standard InChI is InChI=1S/C39H32N.C11H20O2.Ir/c1-24(2)29-21-30(25(3)4)23-31(22-29)39-38-17-16-35-34-14-12-27(33-11-7-9-26-8-5-6-10-32(26)33)20-28(34)13-15-36(35)37(38)18-19-40-39;1-10(2,3)8(12)7-9(13)11(4,5)6;/h5-22,24-25H,1-4H3;7,12H,1-6H3;/q-1;;/b;8-7-;. The first-order valence-electron chi connectivity index (χ1n) is 18.8. The number of benzene rings is 6. The summed E-state index contributed by atoms with van der Waals surface area (Å²) in [5.74, 6) is 0.970. The van der Waals surface area contributed by atoms with E-state index in [1.807, 2.05) is 47.7 Å². The van der Waals surface area contributed by atoms with Crippen molar-refractivity contribution in [1.82, 2.24) is 4.98 Å². The van der Waals surface area contributed by atoms with Gasteiger partial charge in [0.2, 0.25) is 0 Å². The van der Waals surface area contributed by atoms with Crippen molar-refractivity contribution in [3.63, 3.8) is 0 Å². The average Bonchev–Trinajstić information content (AvgIpc) is 3.13. The zero-order chi connectivity index (χ0) is 38.2. The van der Waals surface area contributed by atoms with E-state index >= 15 is 0 Å². The summed E-state index contributed by atoms with van der Waals surface area (Å²) in [6, 6.07) is 41.6. The molecule has 54 heavy (non-hydrogen) atoms. The zero-order valence-electron chi connectivity index (χ0n) is 33.3. The van der Waals surface area contributed by atoms with Gasteiger partial charge in [-0.2, -0.15) is 0 Å². The monoisotopic (exact) mass is 891 g/mol. The largest absolute Gasteiger partial charge is 0.512 e. The summed E-state index contributed by atoms with van der Waals surface area (Å²) in [5, 5.41) is 19.6. The zero-order valence-corrected chi connectivity index (χ0v) is 35.7. The fourth-order valence-corrected chi connectivity index (χ4v) is 6.62. The van der Waals surface area contributed by atoms with E-state index in [1.54, 1.807) is 0 Å². The maximum absolute atomic E-state index is 11.5. The van der Waals surface area contributed by atoms with Crippen LogP contribution in [0.25, 0.3) is 65.5 Å². The number of carbonyl (C=O) groups is 1. The molecule has 0 bridgehead atoms. The molecule has 0 amide bonds. The first-order valence-corrected chi connectivity index (χ1v) is 18.8. The molecule has 1 aromatic heterocycles. The summed E-state index contributed by atoms with van der Waals surface area (Å²) >= 11 is 0. The Bertz CT molecular complexity index is 2480. The fourth-order valence-electron chi connectivity index (χ4n) is 6.62. The van der Waals surface area contributed by atoms with Crippen molar-refractivity contribution in [1.29, 1.82) is 0 Å².